The van der Waals surface area contributed by atoms with Gasteiger partial charge in [-0.15, -0.1) is 0 Å². The van der Waals surface area contributed by atoms with Crippen LogP contribution in [-0.2, 0) is 13.5 Å². The molecule has 0 radical (unpaired) electrons. The molecule has 108 valence electrons. The van der Waals surface area contributed by atoms with Crippen LogP contribution in [0.25, 0.3) is 0 Å². The zero-order chi connectivity index (χ0) is 14.4. The van der Waals surface area contributed by atoms with E-state index in [1.165, 1.54) is 0 Å². The maximum Gasteiger partial charge on any atom is 0.320 e. The predicted octanol–water partition coefficient (Wildman–Crippen LogP) is 1.51. The van der Waals surface area contributed by atoms with E-state index in [0.717, 1.165) is 12.1 Å². The highest BCUT2D eigenvalue weighted by Crippen LogP contribution is 2.09. The number of nitrogens with one attached hydrogen (secondary N) is 2. The second kappa shape index (κ2) is 7.13. The molecule has 1 atom stereocenters. The van der Waals surface area contributed by atoms with Crippen molar-refractivity contribution >= 4 is 11.8 Å². The largest absolute Gasteiger partial charge is 0.391 e. The van der Waals surface area contributed by atoms with Gasteiger partial charge in [-0.2, -0.15) is 5.10 Å². The third kappa shape index (κ3) is 5.30. The Balaban J connectivity index is 2.40. The minimum atomic E-state index is -0.511. The fourth-order valence-corrected chi connectivity index (χ4v) is 1.81. The number of aromatic nitrogens is 2. The van der Waals surface area contributed by atoms with Gasteiger partial charge in [-0.3, -0.25) is 10.00 Å². The molecule has 0 bridgehead atoms. The summed E-state index contributed by atoms with van der Waals surface area (Å²) in [6, 6.07) is 1.51. The Morgan fingerprint density at radius 2 is 2.21 bits per heavy atom. The maximum atomic E-state index is 11.7. The van der Waals surface area contributed by atoms with Crippen molar-refractivity contribution in [1.29, 1.82) is 0 Å². The van der Waals surface area contributed by atoms with E-state index in [2.05, 4.69) is 15.7 Å². The van der Waals surface area contributed by atoms with E-state index in [9.17, 15) is 9.90 Å². The fourth-order valence-electron chi connectivity index (χ4n) is 1.81. The van der Waals surface area contributed by atoms with E-state index in [-0.39, 0.29) is 12.6 Å². The van der Waals surface area contributed by atoms with E-state index < -0.39 is 6.10 Å². The number of carbonyl (C=O) groups excluding carboxylic acids is 1. The number of aliphatic hydroxyl groups excluding tert-OH is 1. The number of hydrogen-bond donors (Lipinski definition) is 3. The van der Waals surface area contributed by atoms with Gasteiger partial charge in [0.05, 0.1) is 11.8 Å². The molecule has 19 heavy (non-hydrogen) atoms. The standard InChI is InChI=1S/C13H24N4O2/c1-5-10-7-12(17(4)16-10)15-13(19)14-8-11(18)6-9(2)3/h7,9,11,18H,5-6,8H2,1-4H3,(H2,14,15,19). The molecule has 1 aromatic rings. The Hall–Kier alpha value is -1.56. The molecular formula is C13H24N4O2. The summed E-state index contributed by atoms with van der Waals surface area (Å²) in [4.78, 5) is 11.7. The monoisotopic (exact) mass is 268 g/mol. The molecule has 0 aromatic carbocycles. The minimum absolute atomic E-state index is 0.252. The van der Waals surface area contributed by atoms with Gasteiger partial charge in [0.2, 0.25) is 0 Å². The number of anilines is 1. The van der Waals surface area contributed by atoms with Crippen molar-refractivity contribution in [2.24, 2.45) is 13.0 Å². The Morgan fingerprint density at radius 3 is 2.74 bits per heavy atom. The van der Waals surface area contributed by atoms with Crippen molar-refractivity contribution in [1.82, 2.24) is 15.1 Å². The minimum Gasteiger partial charge on any atom is -0.391 e. The topological polar surface area (TPSA) is 79.2 Å². The summed E-state index contributed by atoms with van der Waals surface area (Å²) in [5, 5.41) is 19.3. The summed E-state index contributed by atoms with van der Waals surface area (Å²) in [5.41, 5.74) is 0.928. The summed E-state index contributed by atoms with van der Waals surface area (Å²) in [6.07, 6.45) is 0.986. The summed E-state index contributed by atoms with van der Waals surface area (Å²) in [5.74, 6) is 1.05. The van der Waals surface area contributed by atoms with Gasteiger partial charge in [-0.1, -0.05) is 20.8 Å². The van der Waals surface area contributed by atoms with Crippen LogP contribution in [0.1, 0.15) is 32.9 Å². The molecule has 0 aliphatic rings. The third-order valence-electron chi connectivity index (χ3n) is 2.78. The van der Waals surface area contributed by atoms with Crippen LogP contribution in [0.2, 0.25) is 0 Å². The van der Waals surface area contributed by atoms with Crippen molar-refractivity contribution in [2.45, 2.75) is 39.7 Å². The summed E-state index contributed by atoms with van der Waals surface area (Å²) in [6.45, 7) is 6.33. The second-order valence-corrected chi connectivity index (χ2v) is 5.12. The first kappa shape index (κ1) is 15.5. The molecule has 0 aliphatic carbocycles. The zero-order valence-electron chi connectivity index (χ0n) is 12.1. The third-order valence-corrected chi connectivity index (χ3v) is 2.78. The van der Waals surface area contributed by atoms with Gasteiger partial charge < -0.3 is 10.4 Å². The lowest BCUT2D eigenvalue weighted by atomic mass is 10.1. The SMILES string of the molecule is CCc1cc(NC(=O)NCC(O)CC(C)C)n(C)n1. The molecular weight excluding hydrogens is 244 g/mol. The van der Waals surface area contributed by atoms with E-state index >= 15 is 0 Å². The lowest BCUT2D eigenvalue weighted by Crippen LogP contribution is -2.36. The molecule has 6 nitrogen and oxygen atoms in total. The van der Waals surface area contributed by atoms with E-state index in [1.54, 1.807) is 11.7 Å². The second-order valence-electron chi connectivity index (χ2n) is 5.12. The number of amides is 2. The molecule has 3 N–H and O–H groups in total. The molecule has 1 heterocycles. The van der Waals surface area contributed by atoms with Crippen molar-refractivity contribution in [2.75, 3.05) is 11.9 Å². The number of aryl methyl sites for hydroxylation is 2. The Bertz CT molecular complexity index is 415. The summed E-state index contributed by atoms with van der Waals surface area (Å²) >= 11 is 0. The molecule has 1 aromatic heterocycles. The average Bonchev–Trinajstić information content (AvgIpc) is 2.67. The maximum absolute atomic E-state index is 11.7. The normalized spacial score (nSPS) is 12.5. The smallest absolute Gasteiger partial charge is 0.320 e. The molecule has 2 amide bonds. The number of nitrogens with zero attached hydrogens (tertiary/aromatic N) is 2. The van der Waals surface area contributed by atoms with Gasteiger partial charge in [-0.25, -0.2) is 4.79 Å². The van der Waals surface area contributed by atoms with Gasteiger partial charge in [0.15, 0.2) is 0 Å². The van der Waals surface area contributed by atoms with Crippen LogP contribution in [0.4, 0.5) is 10.6 Å². The highest BCUT2D eigenvalue weighted by atomic mass is 16.3. The van der Waals surface area contributed by atoms with Crippen LogP contribution in [0.3, 0.4) is 0 Å². The van der Waals surface area contributed by atoms with Crippen molar-refractivity contribution in [3.8, 4) is 0 Å². The summed E-state index contributed by atoms with van der Waals surface area (Å²) < 4.78 is 1.63. The average molecular weight is 268 g/mol. The molecule has 1 unspecified atom stereocenters. The van der Waals surface area contributed by atoms with Gasteiger partial charge in [0, 0.05) is 19.7 Å². The lowest BCUT2D eigenvalue weighted by molar-refractivity contribution is 0.148. The van der Waals surface area contributed by atoms with Gasteiger partial charge in [0.1, 0.15) is 5.82 Å². The first-order chi connectivity index (χ1) is 8.92. The van der Waals surface area contributed by atoms with Crippen LogP contribution >= 0.6 is 0 Å². The Labute approximate surface area is 114 Å². The van der Waals surface area contributed by atoms with E-state index in [4.69, 9.17) is 0 Å². The first-order valence-electron chi connectivity index (χ1n) is 6.68. The number of rotatable bonds is 6. The van der Waals surface area contributed by atoms with E-state index in [1.807, 2.05) is 26.8 Å². The molecule has 6 heteroatoms. The van der Waals surface area contributed by atoms with Crippen molar-refractivity contribution < 1.29 is 9.90 Å². The highest BCUT2D eigenvalue weighted by molar-refractivity contribution is 5.88. The van der Waals surface area contributed by atoms with Crippen LogP contribution in [0.5, 0.6) is 0 Å². The highest BCUT2D eigenvalue weighted by Gasteiger charge is 2.11. The molecule has 0 aliphatic heterocycles. The Morgan fingerprint density at radius 1 is 1.53 bits per heavy atom. The molecule has 0 fully saturated rings. The van der Waals surface area contributed by atoms with Crippen molar-refractivity contribution in [3.05, 3.63) is 11.8 Å². The fraction of sp³-hybridized carbons (Fsp3) is 0.692. The number of carbonyl (C=O) groups is 1. The molecule has 0 saturated heterocycles. The zero-order valence-corrected chi connectivity index (χ0v) is 12.1. The number of hydrogen-bond acceptors (Lipinski definition) is 3. The van der Waals surface area contributed by atoms with Crippen LogP contribution in [0.15, 0.2) is 6.07 Å². The molecule has 0 saturated carbocycles. The molecule has 0 spiro atoms. The quantitative estimate of drug-likeness (QED) is 0.731. The summed E-state index contributed by atoms with van der Waals surface area (Å²) in [7, 11) is 1.78. The number of aliphatic hydroxyl groups is 1. The van der Waals surface area contributed by atoms with Crippen LogP contribution in [-0.4, -0.2) is 33.6 Å². The first-order valence-corrected chi connectivity index (χ1v) is 6.68. The number of urea groups is 1. The van der Waals surface area contributed by atoms with Gasteiger partial charge in [0.25, 0.3) is 0 Å². The predicted molar refractivity (Wildman–Crippen MR) is 75.1 cm³/mol. The van der Waals surface area contributed by atoms with E-state index in [0.29, 0.717) is 18.2 Å². The van der Waals surface area contributed by atoms with Crippen LogP contribution < -0.4 is 10.6 Å². The van der Waals surface area contributed by atoms with Gasteiger partial charge in [-0.05, 0) is 18.8 Å². The van der Waals surface area contributed by atoms with Gasteiger partial charge >= 0.3 is 6.03 Å². The molecule has 1 rings (SSSR count). The van der Waals surface area contributed by atoms with Crippen LogP contribution in [0, 0.1) is 5.92 Å². The lowest BCUT2D eigenvalue weighted by Gasteiger charge is -2.14. The van der Waals surface area contributed by atoms with Crippen molar-refractivity contribution in [3.63, 3.8) is 0 Å². The Kier molecular flexibility index (Phi) is 5.82.